The Morgan fingerprint density at radius 1 is 1.28 bits per heavy atom. The van der Waals surface area contributed by atoms with E-state index >= 15 is 0 Å². The van der Waals surface area contributed by atoms with E-state index in [-0.39, 0.29) is 11.9 Å². The minimum atomic E-state index is -0.307. The molecule has 0 bridgehead atoms. The van der Waals surface area contributed by atoms with Crippen LogP contribution in [-0.4, -0.2) is 25.0 Å². The van der Waals surface area contributed by atoms with Crippen LogP contribution in [0, 0.1) is 0 Å². The fraction of sp³-hybridized carbons (Fsp3) is 0.385. The van der Waals surface area contributed by atoms with Gasteiger partial charge in [0.1, 0.15) is 0 Å². The summed E-state index contributed by atoms with van der Waals surface area (Å²) >= 11 is 5.66. The van der Waals surface area contributed by atoms with E-state index in [0.717, 1.165) is 5.56 Å². The van der Waals surface area contributed by atoms with Gasteiger partial charge in [-0.2, -0.15) is 0 Å². The van der Waals surface area contributed by atoms with Gasteiger partial charge in [0.15, 0.2) is 0 Å². The Bertz CT molecular complexity index is 403. The molecule has 1 aromatic rings. The molecule has 0 aromatic heterocycles. The lowest BCUT2D eigenvalue weighted by molar-refractivity contribution is -0.140. The molecule has 98 valence electrons. The maximum atomic E-state index is 11.7. The monoisotopic (exact) mass is 269 g/mol. The smallest absolute Gasteiger partial charge is 0.302 e. The summed E-state index contributed by atoms with van der Waals surface area (Å²) in [5.74, 6) is -0.0125. The summed E-state index contributed by atoms with van der Waals surface area (Å²) in [7, 11) is 0. The van der Waals surface area contributed by atoms with Crippen LogP contribution in [0.2, 0.25) is 0 Å². The fourth-order valence-electron chi connectivity index (χ4n) is 1.34. The standard InChI is InChI=1S/C13H16ClNO3/c1-10(16)18-8-2-7-15-13(17)12-5-3-11(9-14)4-6-12/h3-6H,2,7-9H2,1H3,(H,15,17). The van der Waals surface area contributed by atoms with Crippen molar-refractivity contribution in [3.8, 4) is 0 Å². The molecular formula is C13H16ClNO3. The first-order valence-corrected chi connectivity index (χ1v) is 6.23. The van der Waals surface area contributed by atoms with Crippen LogP contribution in [0.1, 0.15) is 29.3 Å². The lowest BCUT2D eigenvalue weighted by Gasteiger charge is -2.06. The molecule has 0 aliphatic heterocycles. The molecule has 1 rings (SSSR count). The topological polar surface area (TPSA) is 55.4 Å². The summed E-state index contributed by atoms with van der Waals surface area (Å²) in [5.41, 5.74) is 1.57. The maximum absolute atomic E-state index is 11.7. The Morgan fingerprint density at radius 3 is 2.50 bits per heavy atom. The van der Waals surface area contributed by atoms with E-state index in [9.17, 15) is 9.59 Å². The molecule has 0 radical (unpaired) electrons. The molecule has 0 spiro atoms. The van der Waals surface area contributed by atoms with Gasteiger partial charge in [0, 0.05) is 24.9 Å². The largest absolute Gasteiger partial charge is 0.466 e. The summed E-state index contributed by atoms with van der Waals surface area (Å²) in [6.07, 6.45) is 0.602. The van der Waals surface area contributed by atoms with Crippen molar-refractivity contribution < 1.29 is 14.3 Å². The molecule has 1 aromatic carbocycles. The van der Waals surface area contributed by atoms with E-state index in [1.807, 2.05) is 12.1 Å². The zero-order chi connectivity index (χ0) is 13.4. The Kier molecular flexibility index (Phi) is 6.22. The number of carbonyl (C=O) groups excluding carboxylic acids is 2. The van der Waals surface area contributed by atoms with E-state index in [0.29, 0.717) is 31.0 Å². The molecule has 1 amide bonds. The van der Waals surface area contributed by atoms with Gasteiger partial charge in [-0.3, -0.25) is 9.59 Å². The number of hydrogen-bond donors (Lipinski definition) is 1. The van der Waals surface area contributed by atoms with Gasteiger partial charge in [-0.1, -0.05) is 12.1 Å². The van der Waals surface area contributed by atoms with Gasteiger partial charge in [-0.25, -0.2) is 0 Å². The lowest BCUT2D eigenvalue weighted by atomic mass is 10.1. The molecule has 0 aliphatic rings. The zero-order valence-corrected chi connectivity index (χ0v) is 11.0. The Labute approximate surface area is 111 Å². The third-order valence-electron chi connectivity index (χ3n) is 2.28. The number of halogens is 1. The molecule has 4 nitrogen and oxygen atoms in total. The fourth-order valence-corrected chi connectivity index (χ4v) is 1.52. The number of nitrogens with one attached hydrogen (secondary N) is 1. The first kappa shape index (κ1) is 14.5. The van der Waals surface area contributed by atoms with Crippen LogP contribution in [0.15, 0.2) is 24.3 Å². The number of alkyl halides is 1. The first-order valence-electron chi connectivity index (χ1n) is 5.70. The molecule has 0 heterocycles. The number of hydrogen-bond acceptors (Lipinski definition) is 3. The summed E-state index contributed by atoms with van der Waals surface area (Å²) < 4.78 is 4.75. The highest BCUT2D eigenvalue weighted by Crippen LogP contribution is 2.06. The number of amides is 1. The van der Waals surface area contributed by atoms with Gasteiger partial charge in [-0.15, -0.1) is 11.6 Å². The lowest BCUT2D eigenvalue weighted by Crippen LogP contribution is -2.25. The summed E-state index contributed by atoms with van der Waals surface area (Å²) in [5, 5.41) is 2.75. The number of carbonyl (C=O) groups is 2. The van der Waals surface area contributed by atoms with Crippen molar-refractivity contribution in [2.24, 2.45) is 0 Å². The predicted octanol–water partition coefficient (Wildman–Crippen LogP) is 2.11. The van der Waals surface area contributed by atoms with Crippen molar-refractivity contribution in [1.82, 2.24) is 5.32 Å². The van der Waals surface area contributed by atoms with Crippen LogP contribution in [-0.2, 0) is 15.4 Å². The highest BCUT2D eigenvalue weighted by atomic mass is 35.5. The molecule has 0 saturated heterocycles. The number of ether oxygens (including phenoxy) is 1. The highest BCUT2D eigenvalue weighted by Gasteiger charge is 2.04. The third-order valence-corrected chi connectivity index (χ3v) is 2.59. The Balaban J connectivity index is 2.29. The van der Waals surface area contributed by atoms with E-state index < -0.39 is 0 Å². The van der Waals surface area contributed by atoms with Gasteiger partial charge >= 0.3 is 5.97 Å². The quantitative estimate of drug-likeness (QED) is 0.489. The minimum Gasteiger partial charge on any atom is -0.466 e. The number of benzene rings is 1. The number of esters is 1. The molecular weight excluding hydrogens is 254 g/mol. The van der Waals surface area contributed by atoms with E-state index in [1.54, 1.807) is 12.1 Å². The van der Waals surface area contributed by atoms with Crippen molar-refractivity contribution in [2.75, 3.05) is 13.2 Å². The van der Waals surface area contributed by atoms with Crippen LogP contribution in [0.5, 0.6) is 0 Å². The SMILES string of the molecule is CC(=O)OCCCNC(=O)c1ccc(CCl)cc1. The maximum Gasteiger partial charge on any atom is 0.302 e. The normalized spacial score (nSPS) is 9.89. The summed E-state index contributed by atoms with van der Waals surface area (Å²) in [4.78, 5) is 22.2. The van der Waals surface area contributed by atoms with Crippen molar-refractivity contribution in [3.63, 3.8) is 0 Å². The van der Waals surface area contributed by atoms with E-state index in [4.69, 9.17) is 16.3 Å². The van der Waals surface area contributed by atoms with Crippen molar-refractivity contribution in [2.45, 2.75) is 19.2 Å². The van der Waals surface area contributed by atoms with E-state index in [2.05, 4.69) is 5.32 Å². The Hall–Kier alpha value is -1.55. The molecule has 0 atom stereocenters. The average molecular weight is 270 g/mol. The van der Waals surface area contributed by atoms with Crippen LogP contribution in [0.3, 0.4) is 0 Å². The van der Waals surface area contributed by atoms with Crippen molar-refractivity contribution in [3.05, 3.63) is 35.4 Å². The van der Waals surface area contributed by atoms with Gasteiger partial charge in [0.05, 0.1) is 6.61 Å². The van der Waals surface area contributed by atoms with Crippen LogP contribution in [0.25, 0.3) is 0 Å². The van der Waals surface area contributed by atoms with E-state index in [1.165, 1.54) is 6.92 Å². The molecule has 1 N–H and O–H groups in total. The Morgan fingerprint density at radius 2 is 1.94 bits per heavy atom. The first-order chi connectivity index (χ1) is 8.63. The average Bonchev–Trinajstić information content (AvgIpc) is 2.38. The molecule has 0 aliphatic carbocycles. The zero-order valence-electron chi connectivity index (χ0n) is 10.2. The molecule has 0 unspecified atom stereocenters. The summed E-state index contributed by atoms with van der Waals surface area (Å²) in [6.45, 7) is 2.15. The van der Waals surface area contributed by atoms with Crippen LogP contribution in [0.4, 0.5) is 0 Å². The van der Waals surface area contributed by atoms with Gasteiger partial charge in [0.25, 0.3) is 5.91 Å². The second kappa shape index (κ2) is 7.71. The van der Waals surface area contributed by atoms with Gasteiger partial charge in [0.2, 0.25) is 0 Å². The molecule has 18 heavy (non-hydrogen) atoms. The molecule has 0 saturated carbocycles. The van der Waals surface area contributed by atoms with Crippen LogP contribution < -0.4 is 5.32 Å². The minimum absolute atomic E-state index is 0.140. The number of rotatable bonds is 6. The van der Waals surface area contributed by atoms with Gasteiger partial charge in [-0.05, 0) is 24.1 Å². The van der Waals surface area contributed by atoms with Crippen LogP contribution >= 0.6 is 11.6 Å². The highest BCUT2D eigenvalue weighted by molar-refractivity contribution is 6.17. The van der Waals surface area contributed by atoms with Crippen molar-refractivity contribution in [1.29, 1.82) is 0 Å². The van der Waals surface area contributed by atoms with Crippen molar-refractivity contribution >= 4 is 23.5 Å². The molecule has 0 fully saturated rings. The third kappa shape index (κ3) is 5.19. The second-order valence-corrected chi connectivity index (χ2v) is 4.05. The molecule has 5 heteroatoms. The van der Waals surface area contributed by atoms with Gasteiger partial charge < -0.3 is 10.1 Å². The predicted molar refractivity (Wildman–Crippen MR) is 69.6 cm³/mol. The second-order valence-electron chi connectivity index (χ2n) is 3.78. The summed E-state index contributed by atoms with van der Waals surface area (Å²) in [6, 6.07) is 7.11.